The standard InChI is InChI=1S/C10H14ClN3OS/c1-16-9-13-7(11)5-8(14-9)12-6-10(15)3-2-4-10/h5,15H,2-4,6H2,1H3,(H,12,13,14). The van der Waals surface area contributed by atoms with Crippen LogP contribution < -0.4 is 5.32 Å². The first-order valence-corrected chi connectivity index (χ1v) is 6.76. The zero-order chi connectivity index (χ0) is 11.6. The average Bonchev–Trinajstić information content (AvgIpc) is 2.23. The predicted octanol–water partition coefficient (Wildman–Crippen LogP) is 2.18. The van der Waals surface area contributed by atoms with Gasteiger partial charge in [0.05, 0.1) is 5.60 Å². The van der Waals surface area contributed by atoms with Crippen LogP contribution in [0.25, 0.3) is 0 Å². The molecule has 1 aromatic rings. The maximum atomic E-state index is 9.92. The molecule has 0 aliphatic heterocycles. The number of hydrogen-bond donors (Lipinski definition) is 2. The number of anilines is 1. The minimum atomic E-state index is -0.559. The van der Waals surface area contributed by atoms with Crippen LogP contribution in [0.5, 0.6) is 0 Å². The molecule has 1 heterocycles. The summed E-state index contributed by atoms with van der Waals surface area (Å²) in [6, 6.07) is 1.67. The lowest BCUT2D eigenvalue weighted by Crippen LogP contribution is -2.43. The number of aromatic nitrogens is 2. The molecule has 1 aliphatic carbocycles. The largest absolute Gasteiger partial charge is 0.388 e. The minimum absolute atomic E-state index is 0.419. The molecule has 0 radical (unpaired) electrons. The molecule has 0 amide bonds. The number of nitrogens with one attached hydrogen (secondary N) is 1. The molecule has 1 aliphatic rings. The van der Waals surface area contributed by atoms with Gasteiger partial charge in [-0.2, -0.15) is 0 Å². The lowest BCUT2D eigenvalue weighted by molar-refractivity contribution is -0.0202. The third kappa shape index (κ3) is 2.78. The molecule has 16 heavy (non-hydrogen) atoms. The monoisotopic (exact) mass is 259 g/mol. The Labute approximate surface area is 104 Å². The molecule has 2 rings (SSSR count). The molecule has 0 atom stereocenters. The Bertz CT molecular complexity index is 384. The van der Waals surface area contributed by atoms with Crippen molar-refractivity contribution in [2.75, 3.05) is 18.1 Å². The highest BCUT2D eigenvalue weighted by atomic mass is 35.5. The van der Waals surface area contributed by atoms with Crippen LogP contribution in [-0.2, 0) is 0 Å². The summed E-state index contributed by atoms with van der Waals surface area (Å²) in [6.45, 7) is 0.522. The van der Waals surface area contributed by atoms with Gasteiger partial charge >= 0.3 is 0 Å². The van der Waals surface area contributed by atoms with Gasteiger partial charge in [-0.3, -0.25) is 0 Å². The lowest BCUT2D eigenvalue weighted by Gasteiger charge is -2.36. The van der Waals surface area contributed by atoms with Gasteiger partial charge in [-0.05, 0) is 25.5 Å². The Balaban J connectivity index is 2.00. The molecular weight excluding hydrogens is 246 g/mol. The summed E-state index contributed by atoms with van der Waals surface area (Å²) in [5, 5.41) is 14.1. The topological polar surface area (TPSA) is 58.0 Å². The van der Waals surface area contributed by atoms with Gasteiger partial charge in [-0.25, -0.2) is 9.97 Å². The molecule has 1 fully saturated rings. The van der Waals surface area contributed by atoms with E-state index >= 15 is 0 Å². The highest BCUT2D eigenvalue weighted by Gasteiger charge is 2.34. The van der Waals surface area contributed by atoms with Crippen LogP contribution >= 0.6 is 23.4 Å². The summed E-state index contributed by atoms with van der Waals surface area (Å²) < 4.78 is 0. The summed E-state index contributed by atoms with van der Waals surface area (Å²) in [4.78, 5) is 8.30. The maximum Gasteiger partial charge on any atom is 0.190 e. The third-order valence-corrected chi connectivity index (χ3v) is 3.48. The van der Waals surface area contributed by atoms with E-state index in [1.54, 1.807) is 6.07 Å². The highest BCUT2D eigenvalue weighted by Crippen LogP contribution is 2.31. The second-order valence-corrected chi connectivity index (χ2v) is 5.15. The number of aliphatic hydroxyl groups is 1. The number of hydrogen-bond acceptors (Lipinski definition) is 5. The molecule has 0 unspecified atom stereocenters. The number of thioether (sulfide) groups is 1. The summed E-state index contributed by atoms with van der Waals surface area (Å²) >= 11 is 7.30. The number of halogens is 1. The number of rotatable bonds is 4. The average molecular weight is 260 g/mol. The van der Waals surface area contributed by atoms with Crippen molar-refractivity contribution >= 4 is 29.2 Å². The molecule has 88 valence electrons. The van der Waals surface area contributed by atoms with E-state index in [4.69, 9.17) is 11.6 Å². The van der Waals surface area contributed by atoms with E-state index in [1.165, 1.54) is 11.8 Å². The minimum Gasteiger partial charge on any atom is -0.388 e. The van der Waals surface area contributed by atoms with Gasteiger partial charge in [0.2, 0.25) is 0 Å². The first kappa shape index (κ1) is 12.0. The first-order chi connectivity index (χ1) is 7.61. The molecular formula is C10H14ClN3OS. The first-order valence-electron chi connectivity index (χ1n) is 5.16. The summed E-state index contributed by atoms with van der Waals surface area (Å²) in [7, 11) is 0. The fraction of sp³-hybridized carbons (Fsp3) is 0.600. The van der Waals surface area contributed by atoms with Crippen LogP contribution in [0.3, 0.4) is 0 Å². The van der Waals surface area contributed by atoms with Crippen LogP contribution in [0, 0.1) is 0 Å². The summed E-state index contributed by atoms with van der Waals surface area (Å²) in [5.41, 5.74) is -0.559. The Hall–Kier alpha value is -0.520. The Morgan fingerprint density at radius 2 is 2.31 bits per heavy atom. The molecule has 6 heteroatoms. The maximum absolute atomic E-state index is 9.92. The highest BCUT2D eigenvalue weighted by molar-refractivity contribution is 7.98. The summed E-state index contributed by atoms with van der Waals surface area (Å²) in [5.74, 6) is 0.671. The SMILES string of the molecule is CSc1nc(Cl)cc(NCC2(O)CCC2)n1. The molecule has 1 saturated carbocycles. The van der Waals surface area contributed by atoms with Gasteiger partial charge in [-0.15, -0.1) is 0 Å². The zero-order valence-electron chi connectivity index (χ0n) is 9.03. The van der Waals surface area contributed by atoms with E-state index in [0.29, 0.717) is 22.7 Å². The molecule has 0 saturated heterocycles. The van der Waals surface area contributed by atoms with E-state index in [9.17, 15) is 5.11 Å². The second-order valence-electron chi connectivity index (χ2n) is 3.99. The van der Waals surface area contributed by atoms with Gasteiger partial charge in [0.1, 0.15) is 11.0 Å². The molecule has 0 spiro atoms. The van der Waals surface area contributed by atoms with E-state index in [-0.39, 0.29) is 0 Å². The van der Waals surface area contributed by atoms with Crippen LogP contribution in [0.4, 0.5) is 5.82 Å². The quantitative estimate of drug-likeness (QED) is 0.493. The van der Waals surface area contributed by atoms with Gasteiger partial charge < -0.3 is 10.4 Å². The van der Waals surface area contributed by atoms with Crippen molar-refractivity contribution in [3.63, 3.8) is 0 Å². The van der Waals surface area contributed by atoms with Crippen LogP contribution in [-0.4, -0.2) is 33.5 Å². The molecule has 4 nitrogen and oxygen atoms in total. The fourth-order valence-electron chi connectivity index (χ4n) is 1.60. The summed E-state index contributed by atoms with van der Waals surface area (Å²) in [6.07, 6.45) is 4.70. The normalized spacial score (nSPS) is 17.9. The van der Waals surface area contributed by atoms with Crippen molar-refractivity contribution in [1.29, 1.82) is 0 Å². The smallest absolute Gasteiger partial charge is 0.190 e. The van der Waals surface area contributed by atoms with E-state index in [0.717, 1.165) is 19.3 Å². The molecule has 0 bridgehead atoms. The molecule has 2 N–H and O–H groups in total. The Morgan fingerprint density at radius 1 is 1.56 bits per heavy atom. The van der Waals surface area contributed by atoms with E-state index < -0.39 is 5.60 Å². The van der Waals surface area contributed by atoms with E-state index in [2.05, 4.69) is 15.3 Å². The van der Waals surface area contributed by atoms with E-state index in [1.807, 2.05) is 6.26 Å². The van der Waals surface area contributed by atoms with Gasteiger partial charge in [0, 0.05) is 12.6 Å². The van der Waals surface area contributed by atoms with Crippen molar-refractivity contribution in [3.8, 4) is 0 Å². The predicted molar refractivity (Wildman–Crippen MR) is 66.1 cm³/mol. The lowest BCUT2D eigenvalue weighted by atomic mass is 9.80. The van der Waals surface area contributed by atoms with Crippen molar-refractivity contribution in [2.24, 2.45) is 0 Å². The van der Waals surface area contributed by atoms with Crippen LogP contribution in [0.1, 0.15) is 19.3 Å². The number of nitrogens with zero attached hydrogens (tertiary/aromatic N) is 2. The Kier molecular flexibility index (Phi) is 3.56. The molecule has 1 aromatic heterocycles. The van der Waals surface area contributed by atoms with Gasteiger partial charge in [0.25, 0.3) is 0 Å². The zero-order valence-corrected chi connectivity index (χ0v) is 10.6. The van der Waals surface area contributed by atoms with Crippen LogP contribution in [0.15, 0.2) is 11.2 Å². The van der Waals surface area contributed by atoms with Crippen molar-refractivity contribution < 1.29 is 5.11 Å². The van der Waals surface area contributed by atoms with Gasteiger partial charge in [-0.1, -0.05) is 23.4 Å². The molecule has 0 aromatic carbocycles. The van der Waals surface area contributed by atoms with Crippen LogP contribution in [0.2, 0.25) is 5.15 Å². The Morgan fingerprint density at radius 3 is 2.88 bits per heavy atom. The van der Waals surface area contributed by atoms with Gasteiger partial charge in [0.15, 0.2) is 5.16 Å². The van der Waals surface area contributed by atoms with Crippen molar-refractivity contribution in [2.45, 2.75) is 30.0 Å². The second kappa shape index (κ2) is 4.77. The van der Waals surface area contributed by atoms with Crippen molar-refractivity contribution in [1.82, 2.24) is 9.97 Å². The van der Waals surface area contributed by atoms with Crippen molar-refractivity contribution in [3.05, 3.63) is 11.2 Å². The fourth-order valence-corrected chi connectivity index (χ4v) is 2.21. The third-order valence-electron chi connectivity index (χ3n) is 2.74.